The van der Waals surface area contributed by atoms with Crippen LogP contribution in [-0.4, -0.2) is 59.7 Å². The number of thiazole rings is 1. The van der Waals surface area contributed by atoms with E-state index in [1.54, 1.807) is 11.3 Å². The first-order chi connectivity index (χ1) is 15.2. The van der Waals surface area contributed by atoms with E-state index in [1.807, 2.05) is 47.4 Å². The first-order valence-corrected chi connectivity index (χ1v) is 12.1. The number of hydrogen-bond acceptors (Lipinski definition) is 7. The largest absolute Gasteiger partial charge is 0.491 e. The van der Waals surface area contributed by atoms with Crippen molar-refractivity contribution in [1.82, 2.24) is 9.88 Å². The zero-order valence-electron chi connectivity index (χ0n) is 16.9. The van der Waals surface area contributed by atoms with Gasteiger partial charge in [0.1, 0.15) is 18.5 Å². The summed E-state index contributed by atoms with van der Waals surface area (Å²) in [5.41, 5.74) is 2.73. The maximum Gasteiger partial charge on any atom is 0.233 e. The molecule has 0 spiro atoms. The topological polar surface area (TPSA) is 68.7 Å². The first-order valence-electron chi connectivity index (χ1n) is 10.3. The Bertz CT molecular complexity index is 1100. The van der Waals surface area contributed by atoms with E-state index in [1.165, 1.54) is 11.8 Å². The van der Waals surface area contributed by atoms with Gasteiger partial charge in [-0.15, -0.1) is 11.3 Å². The number of para-hydroxylation sites is 1. The number of benzene rings is 2. The van der Waals surface area contributed by atoms with Crippen LogP contribution < -0.4 is 4.74 Å². The standard InChI is InChI=1S/C23H22N2O4S2/c26-19-9-8-17-16(19)4-3-6-20(17)29-13-15-12-25(10-11-28-15)22(27)14-30-23-24-18-5-1-2-7-21(18)31-23/h1-7,15H,8-14H2. The van der Waals surface area contributed by atoms with E-state index in [0.29, 0.717) is 38.5 Å². The van der Waals surface area contributed by atoms with Crippen molar-refractivity contribution in [3.63, 3.8) is 0 Å². The molecule has 31 heavy (non-hydrogen) atoms. The monoisotopic (exact) mass is 454 g/mol. The molecule has 5 rings (SSSR count). The molecule has 1 aliphatic heterocycles. The molecule has 2 aliphatic rings. The maximum absolute atomic E-state index is 12.7. The van der Waals surface area contributed by atoms with E-state index < -0.39 is 0 Å². The summed E-state index contributed by atoms with van der Waals surface area (Å²) < 4.78 is 13.9. The summed E-state index contributed by atoms with van der Waals surface area (Å²) in [6, 6.07) is 13.6. The van der Waals surface area contributed by atoms with Crippen molar-refractivity contribution >= 4 is 45.0 Å². The molecule has 1 unspecified atom stereocenters. The van der Waals surface area contributed by atoms with E-state index in [-0.39, 0.29) is 17.8 Å². The maximum atomic E-state index is 12.7. The summed E-state index contributed by atoms with van der Waals surface area (Å²) in [5.74, 6) is 1.38. The molecule has 1 amide bonds. The van der Waals surface area contributed by atoms with Crippen molar-refractivity contribution in [3.8, 4) is 5.75 Å². The Kier molecular flexibility index (Phi) is 5.93. The minimum Gasteiger partial charge on any atom is -0.491 e. The zero-order chi connectivity index (χ0) is 21.2. The molecular formula is C23H22N2O4S2. The second-order valence-corrected chi connectivity index (χ2v) is 9.84. The number of hydrogen-bond donors (Lipinski definition) is 0. The fourth-order valence-corrected chi connectivity index (χ4v) is 5.92. The Labute approximate surface area is 188 Å². The highest BCUT2D eigenvalue weighted by molar-refractivity contribution is 8.01. The second-order valence-electron chi connectivity index (χ2n) is 7.59. The van der Waals surface area contributed by atoms with Gasteiger partial charge in [0.25, 0.3) is 0 Å². The number of fused-ring (bicyclic) bond motifs is 2. The lowest BCUT2D eigenvalue weighted by molar-refractivity contribution is -0.137. The van der Waals surface area contributed by atoms with Gasteiger partial charge in [0, 0.05) is 24.1 Å². The number of carbonyl (C=O) groups is 2. The van der Waals surface area contributed by atoms with Crippen LogP contribution in [0.5, 0.6) is 5.75 Å². The molecule has 160 valence electrons. The van der Waals surface area contributed by atoms with Gasteiger partial charge in [-0.2, -0.15) is 0 Å². The molecule has 8 heteroatoms. The summed E-state index contributed by atoms with van der Waals surface area (Å²) in [4.78, 5) is 31.1. The molecule has 1 aliphatic carbocycles. The average Bonchev–Trinajstić information content (AvgIpc) is 3.40. The number of thioether (sulfide) groups is 1. The summed E-state index contributed by atoms with van der Waals surface area (Å²) in [6.07, 6.45) is 1.09. The van der Waals surface area contributed by atoms with E-state index >= 15 is 0 Å². The Balaban J connectivity index is 1.15. The second kappa shape index (κ2) is 8.98. The molecule has 1 fully saturated rings. The van der Waals surface area contributed by atoms with Crippen LogP contribution in [0.15, 0.2) is 46.8 Å². The van der Waals surface area contributed by atoms with E-state index in [0.717, 1.165) is 37.9 Å². The molecule has 1 atom stereocenters. The molecule has 0 saturated carbocycles. The normalized spacial score (nSPS) is 18.4. The lowest BCUT2D eigenvalue weighted by Gasteiger charge is -2.33. The average molecular weight is 455 g/mol. The van der Waals surface area contributed by atoms with Gasteiger partial charge in [0.05, 0.1) is 29.1 Å². The molecule has 0 radical (unpaired) electrons. The highest BCUT2D eigenvalue weighted by Crippen LogP contribution is 2.31. The Morgan fingerprint density at radius 1 is 1.23 bits per heavy atom. The molecule has 1 saturated heterocycles. The predicted octanol–water partition coefficient (Wildman–Crippen LogP) is 3.82. The minimum atomic E-state index is -0.182. The van der Waals surface area contributed by atoms with Crippen molar-refractivity contribution < 1.29 is 19.1 Å². The van der Waals surface area contributed by atoms with Gasteiger partial charge >= 0.3 is 0 Å². The van der Waals surface area contributed by atoms with Crippen LogP contribution in [0.25, 0.3) is 10.2 Å². The molecular weight excluding hydrogens is 432 g/mol. The van der Waals surface area contributed by atoms with Crippen LogP contribution in [0.4, 0.5) is 0 Å². The van der Waals surface area contributed by atoms with Crippen LogP contribution in [0, 0.1) is 0 Å². The van der Waals surface area contributed by atoms with Gasteiger partial charge in [0.15, 0.2) is 10.1 Å². The Morgan fingerprint density at radius 2 is 2.13 bits per heavy atom. The van der Waals surface area contributed by atoms with Gasteiger partial charge in [-0.25, -0.2) is 4.98 Å². The van der Waals surface area contributed by atoms with Crippen LogP contribution in [0.1, 0.15) is 22.3 Å². The predicted molar refractivity (Wildman–Crippen MR) is 121 cm³/mol. The fourth-order valence-electron chi connectivity index (χ4n) is 3.95. The first kappa shape index (κ1) is 20.5. The van der Waals surface area contributed by atoms with Crippen LogP contribution in [0.2, 0.25) is 0 Å². The SMILES string of the molecule is O=C1CCc2c(OCC3CN(C(=O)CSc4nc5ccccc5s4)CCO3)cccc21. The van der Waals surface area contributed by atoms with Crippen LogP contribution in [-0.2, 0) is 16.0 Å². The summed E-state index contributed by atoms with van der Waals surface area (Å²) >= 11 is 3.10. The lowest BCUT2D eigenvalue weighted by atomic mass is 10.1. The Hall–Kier alpha value is -2.42. The Morgan fingerprint density at radius 3 is 3.03 bits per heavy atom. The van der Waals surface area contributed by atoms with E-state index in [2.05, 4.69) is 4.98 Å². The van der Waals surface area contributed by atoms with Crippen LogP contribution >= 0.6 is 23.1 Å². The van der Waals surface area contributed by atoms with Crippen molar-refractivity contribution in [1.29, 1.82) is 0 Å². The van der Waals surface area contributed by atoms with Crippen molar-refractivity contribution in [2.24, 2.45) is 0 Å². The molecule has 1 aromatic heterocycles. The molecule has 2 heterocycles. The third-order valence-corrected chi connectivity index (χ3v) is 7.71. The van der Waals surface area contributed by atoms with Crippen molar-refractivity contribution in [2.75, 3.05) is 32.1 Å². The number of ketones is 1. The highest BCUT2D eigenvalue weighted by Gasteiger charge is 2.27. The molecule has 3 aromatic rings. The van der Waals surface area contributed by atoms with Crippen molar-refractivity contribution in [2.45, 2.75) is 23.3 Å². The number of Topliss-reactive ketones (excluding diaryl/α,β-unsaturated/α-hetero) is 1. The quantitative estimate of drug-likeness (QED) is 0.528. The van der Waals surface area contributed by atoms with Gasteiger partial charge in [-0.3, -0.25) is 9.59 Å². The summed E-state index contributed by atoms with van der Waals surface area (Å²) in [6.45, 7) is 1.95. The number of rotatable bonds is 6. The van der Waals surface area contributed by atoms with Crippen molar-refractivity contribution in [3.05, 3.63) is 53.6 Å². The van der Waals surface area contributed by atoms with Gasteiger partial charge in [-0.05, 0) is 24.6 Å². The molecule has 2 aromatic carbocycles. The van der Waals surface area contributed by atoms with E-state index in [9.17, 15) is 9.59 Å². The third-order valence-electron chi connectivity index (χ3n) is 5.55. The fraction of sp³-hybridized carbons (Fsp3) is 0.348. The molecule has 0 N–H and O–H groups in total. The summed E-state index contributed by atoms with van der Waals surface area (Å²) in [5, 5.41) is 0. The molecule has 6 nitrogen and oxygen atoms in total. The van der Waals surface area contributed by atoms with Gasteiger partial charge in [0.2, 0.25) is 5.91 Å². The minimum absolute atomic E-state index is 0.0868. The smallest absolute Gasteiger partial charge is 0.233 e. The van der Waals surface area contributed by atoms with Gasteiger partial charge in [-0.1, -0.05) is 36.0 Å². The lowest BCUT2D eigenvalue weighted by Crippen LogP contribution is -2.48. The summed E-state index contributed by atoms with van der Waals surface area (Å²) in [7, 11) is 0. The number of carbonyl (C=O) groups excluding carboxylic acids is 2. The number of ether oxygens (including phenoxy) is 2. The number of nitrogens with zero attached hydrogens (tertiary/aromatic N) is 2. The molecule has 0 bridgehead atoms. The number of amides is 1. The number of morpholine rings is 1. The van der Waals surface area contributed by atoms with E-state index in [4.69, 9.17) is 9.47 Å². The van der Waals surface area contributed by atoms with Gasteiger partial charge < -0.3 is 14.4 Å². The zero-order valence-corrected chi connectivity index (χ0v) is 18.5. The third kappa shape index (κ3) is 4.46. The van der Waals surface area contributed by atoms with Crippen LogP contribution in [0.3, 0.4) is 0 Å². The number of aromatic nitrogens is 1. The highest BCUT2D eigenvalue weighted by atomic mass is 32.2.